The molecule has 3 fully saturated rings. The Morgan fingerprint density at radius 1 is 1.13 bits per heavy atom. The van der Waals surface area contributed by atoms with E-state index in [4.69, 9.17) is 4.74 Å². The molecule has 12 heteroatoms. The Morgan fingerprint density at radius 3 is 2.61 bits per heavy atom. The molecule has 3 aliphatic rings. The number of ether oxygens (including phenoxy) is 1. The normalized spacial score (nSPS) is 28.8. The van der Waals surface area contributed by atoms with Gasteiger partial charge in [0, 0.05) is 36.0 Å². The Kier molecular flexibility index (Phi) is 6.83. The smallest absolute Gasteiger partial charge is 0.390 e. The number of nitrogens with one attached hydrogen (secondary N) is 2. The predicted octanol–water partition coefficient (Wildman–Crippen LogP) is 4.44. The molecule has 0 unspecified atom stereocenters. The lowest BCUT2D eigenvalue weighted by Gasteiger charge is -2.35. The number of carbonyl (C=O) groups is 1. The standard InChI is InChI=1S/C26H28F3N5O3S/c27-26(28,29)17-9-19(17)32-16-6-14(7-16)24(36)34-25-33-18-5-4-13(8-22(18)38-25)15-10-30-23(31-11-15)12-37-21-3-1-2-20(21)35/h4-5,8,10-11,14,16-17,19-21,32,35H,1-3,6-7,9,12H2,(H,33,34,36)/t14?,16?,17-,19-,20+,21+/m1/s1. The zero-order valence-electron chi connectivity index (χ0n) is 20.4. The van der Waals surface area contributed by atoms with Gasteiger partial charge in [0.25, 0.3) is 0 Å². The van der Waals surface area contributed by atoms with E-state index in [-0.39, 0.29) is 37.0 Å². The lowest BCUT2D eigenvalue weighted by molar-refractivity contribution is -0.149. The van der Waals surface area contributed by atoms with Gasteiger partial charge in [-0.1, -0.05) is 17.4 Å². The summed E-state index contributed by atoms with van der Waals surface area (Å²) < 4.78 is 44.7. The predicted molar refractivity (Wildman–Crippen MR) is 135 cm³/mol. The molecule has 3 aromatic rings. The van der Waals surface area contributed by atoms with E-state index < -0.39 is 24.2 Å². The number of anilines is 1. The fourth-order valence-corrected chi connectivity index (χ4v) is 6.15. The van der Waals surface area contributed by atoms with Crippen LogP contribution in [0.15, 0.2) is 30.6 Å². The average Bonchev–Trinajstić information content (AvgIpc) is 3.37. The zero-order valence-corrected chi connectivity index (χ0v) is 21.3. The molecule has 2 heterocycles. The van der Waals surface area contributed by atoms with E-state index in [0.29, 0.717) is 23.8 Å². The summed E-state index contributed by atoms with van der Waals surface area (Å²) in [4.78, 5) is 25.9. The number of fused-ring (bicyclic) bond motifs is 1. The largest absolute Gasteiger partial charge is 0.393 e. The molecule has 0 spiro atoms. The Hall–Kier alpha value is -2.67. The Balaban J connectivity index is 1.02. The SMILES string of the molecule is O=C(Nc1nc2ccc(-c3cnc(CO[C@H]4CCC[C@@H]4O)nc3)cc2s1)C1CC(N[C@@H]2C[C@H]2C(F)(F)F)C1. The van der Waals surface area contributed by atoms with E-state index in [1.54, 1.807) is 12.4 Å². The average molecular weight is 548 g/mol. The molecule has 0 aliphatic heterocycles. The molecule has 6 rings (SSSR count). The topological polar surface area (TPSA) is 109 Å². The summed E-state index contributed by atoms with van der Waals surface area (Å²) in [5.41, 5.74) is 2.52. The van der Waals surface area contributed by atoms with E-state index in [9.17, 15) is 23.1 Å². The Morgan fingerprint density at radius 2 is 1.92 bits per heavy atom. The molecular formula is C26H28F3N5O3S. The molecule has 0 bridgehead atoms. The van der Waals surface area contributed by atoms with Crippen LogP contribution in [0.4, 0.5) is 18.3 Å². The van der Waals surface area contributed by atoms with Crippen molar-refractivity contribution in [3.63, 3.8) is 0 Å². The lowest BCUT2D eigenvalue weighted by atomic mass is 9.79. The summed E-state index contributed by atoms with van der Waals surface area (Å²) in [7, 11) is 0. The molecule has 202 valence electrons. The van der Waals surface area contributed by atoms with Crippen molar-refractivity contribution >= 4 is 32.6 Å². The first-order valence-electron chi connectivity index (χ1n) is 12.9. The summed E-state index contributed by atoms with van der Waals surface area (Å²) in [5, 5.41) is 16.3. The number of hydrogen-bond acceptors (Lipinski definition) is 8. The first-order chi connectivity index (χ1) is 18.2. The van der Waals surface area contributed by atoms with Crippen molar-refractivity contribution in [3.8, 4) is 11.1 Å². The lowest BCUT2D eigenvalue weighted by Crippen LogP contribution is -2.47. The number of carbonyl (C=O) groups excluding carboxylic acids is 1. The van der Waals surface area contributed by atoms with E-state index >= 15 is 0 Å². The Bertz CT molecular complexity index is 1310. The van der Waals surface area contributed by atoms with Crippen LogP contribution in [0, 0.1) is 11.8 Å². The van der Waals surface area contributed by atoms with E-state index in [0.717, 1.165) is 40.6 Å². The van der Waals surface area contributed by atoms with Crippen molar-refractivity contribution in [1.29, 1.82) is 0 Å². The van der Waals surface area contributed by atoms with Gasteiger partial charge in [-0.2, -0.15) is 13.2 Å². The number of aliphatic hydroxyl groups excluding tert-OH is 1. The van der Waals surface area contributed by atoms with Crippen molar-refractivity contribution in [2.45, 2.75) is 75.6 Å². The van der Waals surface area contributed by atoms with E-state index in [2.05, 4.69) is 25.6 Å². The second kappa shape index (κ2) is 10.1. The molecule has 3 saturated carbocycles. The number of alkyl halides is 3. The third kappa shape index (κ3) is 5.54. The van der Waals surface area contributed by atoms with Crippen molar-refractivity contribution < 1.29 is 27.8 Å². The van der Waals surface area contributed by atoms with Gasteiger partial charge in [0.05, 0.1) is 28.3 Å². The van der Waals surface area contributed by atoms with Gasteiger partial charge >= 0.3 is 6.18 Å². The summed E-state index contributed by atoms with van der Waals surface area (Å²) in [6.45, 7) is 0.255. The zero-order chi connectivity index (χ0) is 26.4. The van der Waals surface area contributed by atoms with Gasteiger partial charge in [-0.05, 0) is 56.2 Å². The molecule has 2 aromatic heterocycles. The van der Waals surface area contributed by atoms with E-state index in [1.165, 1.54) is 11.3 Å². The minimum atomic E-state index is -4.14. The molecule has 0 radical (unpaired) electrons. The van der Waals surface area contributed by atoms with Gasteiger partial charge in [-0.3, -0.25) is 4.79 Å². The fourth-order valence-electron chi connectivity index (χ4n) is 5.24. The minimum Gasteiger partial charge on any atom is -0.390 e. The number of nitrogens with zero attached hydrogens (tertiary/aromatic N) is 3. The molecule has 0 saturated heterocycles. The number of hydrogen-bond donors (Lipinski definition) is 3. The van der Waals surface area contributed by atoms with Crippen molar-refractivity contribution in [1.82, 2.24) is 20.3 Å². The summed E-state index contributed by atoms with van der Waals surface area (Å²) >= 11 is 1.37. The number of aliphatic hydroxyl groups is 1. The molecule has 38 heavy (non-hydrogen) atoms. The summed E-state index contributed by atoms with van der Waals surface area (Å²) in [6.07, 6.45) is 2.53. The first kappa shape index (κ1) is 25.6. The second-order valence-corrected chi connectivity index (χ2v) is 11.5. The molecule has 3 N–H and O–H groups in total. The Labute approximate surface area is 221 Å². The van der Waals surface area contributed by atoms with Crippen molar-refractivity contribution in [3.05, 3.63) is 36.4 Å². The maximum atomic E-state index is 12.7. The van der Waals surface area contributed by atoms with Crippen LogP contribution in [-0.4, -0.2) is 56.4 Å². The number of thiazole rings is 1. The third-order valence-corrected chi connectivity index (χ3v) is 8.60. The van der Waals surface area contributed by atoms with Crippen LogP contribution in [0.25, 0.3) is 21.3 Å². The number of halogens is 3. The number of amides is 1. The van der Waals surface area contributed by atoms with Gasteiger partial charge in [-0.15, -0.1) is 0 Å². The van der Waals surface area contributed by atoms with Crippen LogP contribution < -0.4 is 10.6 Å². The monoisotopic (exact) mass is 547 g/mol. The molecule has 1 amide bonds. The second-order valence-electron chi connectivity index (χ2n) is 10.4. The quantitative estimate of drug-likeness (QED) is 0.383. The highest BCUT2D eigenvalue weighted by atomic mass is 32.1. The van der Waals surface area contributed by atoms with Crippen LogP contribution >= 0.6 is 11.3 Å². The highest BCUT2D eigenvalue weighted by Crippen LogP contribution is 2.46. The van der Waals surface area contributed by atoms with Gasteiger partial charge in [0.1, 0.15) is 6.61 Å². The fraction of sp³-hybridized carbons (Fsp3) is 0.538. The van der Waals surface area contributed by atoms with Crippen LogP contribution in [0.1, 0.15) is 44.3 Å². The maximum Gasteiger partial charge on any atom is 0.393 e. The first-order valence-corrected chi connectivity index (χ1v) is 13.7. The molecule has 8 nitrogen and oxygen atoms in total. The highest BCUT2D eigenvalue weighted by molar-refractivity contribution is 7.22. The van der Waals surface area contributed by atoms with E-state index in [1.807, 2.05) is 18.2 Å². The number of benzene rings is 1. The number of aromatic nitrogens is 3. The molecule has 3 aliphatic carbocycles. The van der Waals surface area contributed by atoms with Gasteiger partial charge in [-0.25, -0.2) is 15.0 Å². The van der Waals surface area contributed by atoms with Crippen LogP contribution in [0.5, 0.6) is 0 Å². The van der Waals surface area contributed by atoms with Crippen LogP contribution in [0.2, 0.25) is 0 Å². The maximum absolute atomic E-state index is 12.7. The molecule has 4 atom stereocenters. The van der Waals surface area contributed by atoms with Crippen molar-refractivity contribution in [2.75, 3.05) is 5.32 Å². The number of rotatable bonds is 8. The summed E-state index contributed by atoms with van der Waals surface area (Å²) in [5.74, 6) is -1.07. The van der Waals surface area contributed by atoms with Crippen molar-refractivity contribution in [2.24, 2.45) is 11.8 Å². The third-order valence-electron chi connectivity index (χ3n) is 7.67. The van der Waals surface area contributed by atoms with Crippen LogP contribution in [-0.2, 0) is 16.1 Å². The van der Waals surface area contributed by atoms with Crippen LogP contribution in [0.3, 0.4) is 0 Å². The van der Waals surface area contributed by atoms with Gasteiger partial charge < -0.3 is 20.5 Å². The van der Waals surface area contributed by atoms with Gasteiger partial charge in [0.15, 0.2) is 11.0 Å². The summed E-state index contributed by atoms with van der Waals surface area (Å²) in [6, 6.07) is 5.22. The van der Waals surface area contributed by atoms with Gasteiger partial charge in [0.2, 0.25) is 5.91 Å². The molecule has 1 aromatic carbocycles. The minimum absolute atomic E-state index is 0.0458. The molecular weight excluding hydrogens is 519 g/mol. The highest BCUT2D eigenvalue weighted by Gasteiger charge is 2.56.